The molecule has 0 heterocycles. The van der Waals surface area contributed by atoms with Crippen LogP contribution in [0.15, 0.2) is 28.7 Å². The fraction of sp³-hybridized carbons (Fsp3) is 0.571. The van der Waals surface area contributed by atoms with Crippen LogP contribution in [0.25, 0.3) is 0 Å². The third-order valence-electron chi connectivity index (χ3n) is 2.53. The van der Waals surface area contributed by atoms with Gasteiger partial charge in [-0.3, -0.25) is 0 Å². The van der Waals surface area contributed by atoms with Crippen molar-refractivity contribution in [2.45, 2.75) is 33.3 Å². The zero-order valence-electron chi connectivity index (χ0n) is 10.7. The Bertz CT molecular complexity index is 346. The third-order valence-corrected chi connectivity index (χ3v) is 3.82. The lowest BCUT2D eigenvalue weighted by Crippen LogP contribution is -2.13. The summed E-state index contributed by atoms with van der Waals surface area (Å²) in [5, 5.41) is 0. The summed E-state index contributed by atoms with van der Waals surface area (Å²) in [7, 11) is 0. The van der Waals surface area contributed by atoms with Crippen molar-refractivity contribution in [3.63, 3.8) is 0 Å². The molecule has 1 unspecified atom stereocenters. The number of ether oxygens (including phenoxy) is 1. The second-order valence-electron chi connectivity index (χ2n) is 5.38. The maximum atomic E-state index is 5.98. The molecule has 0 aliphatic heterocycles. The van der Waals surface area contributed by atoms with Gasteiger partial charge in [0.05, 0.1) is 6.10 Å². The first-order chi connectivity index (χ1) is 7.92. The van der Waals surface area contributed by atoms with E-state index in [1.165, 1.54) is 5.56 Å². The van der Waals surface area contributed by atoms with Gasteiger partial charge < -0.3 is 4.74 Å². The van der Waals surface area contributed by atoms with Crippen LogP contribution in [0.3, 0.4) is 0 Å². The topological polar surface area (TPSA) is 9.23 Å². The van der Waals surface area contributed by atoms with Gasteiger partial charge in [-0.25, -0.2) is 0 Å². The van der Waals surface area contributed by atoms with Crippen molar-refractivity contribution in [2.24, 2.45) is 5.41 Å². The van der Waals surface area contributed by atoms with Crippen molar-refractivity contribution in [3.8, 4) is 0 Å². The Morgan fingerprint density at radius 3 is 2.59 bits per heavy atom. The van der Waals surface area contributed by atoms with Gasteiger partial charge in [0.2, 0.25) is 0 Å². The molecule has 0 aliphatic carbocycles. The minimum atomic E-state index is 0.204. The quantitative estimate of drug-likeness (QED) is 0.467. The lowest BCUT2D eigenvalue weighted by molar-refractivity contribution is 0.0531. The Labute approximate surface area is 127 Å². The molecule has 0 saturated heterocycles. The van der Waals surface area contributed by atoms with Gasteiger partial charge in [0.1, 0.15) is 0 Å². The van der Waals surface area contributed by atoms with Crippen LogP contribution < -0.4 is 0 Å². The zero-order valence-corrected chi connectivity index (χ0v) is 14.4. The van der Waals surface area contributed by atoms with E-state index in [4.69, 9.17) is 4.74 Å². The predicted molar refractivity (Wildman–Crippen MR) is 85.8 cm³/mol. The lowest BCUT2D eigenvalue weighted by Gasteiger charge is -2.21. The smallest absolute Gasteiger partial charge is 0.0914 e. The van der Waals surface area contributed by atoms with Gasteiger partial charge in [0.25, 0.3) is 0 Å². The van der Waals surface area contributed by atoms with Gasteiger partial charge >= 0.3 is 0 Å². The molecule has 3 heteroatoms. The van der Waals surface area contributed by atoms with E-state index in [2.05, 4.69) is 77.5 Å². The van der Waals surface area contributed by atoms with E-state index in [1.54, 1.807) is 0 Å². The molecule has 1 aromatic rings. The van der Waals surface area contributed by atoms with E-state index >= 15 is 0 Å². The number of hydrogen-bond donors (Lipinski definition) is 0. The van der Waals surface area contributed by atoms with Crippen molar-refractivity contribution in [1.29, 1.82) is 0 Å². The molecule has 0 bridgehead atoms. The van der Waals surface area contributed by atoms with Crippen molar-refractivity contribution < 1.29 is 4.74 Å². The molecule has 1 atom stereocenters. The summed E-state index contributed by atoms with van der Waals surface area (Å²) in [4.78, 5) is 0. The van der Waals surface area contributed by atoms with Gasteiger partial charge in [0.15, 0.2) is 0 Å². The second-order valence-corrected chi connectivity index (χ2v) is 7.18. The maximum Gasteiger partial charge on any atom is 0.0914 e. The Morgan fingerprint density at radius 1 is 1.35 bits per heavy atom. The van der Waals surface area contributed by atoms with Gasteiger partial charge in [-0.1, -0.05) is 71.4 Å². The Hall–Kier alpha value is 0.390. The van der Waals surface area contributed by atoms with Crippen molar-refractivity contribution in [2.75, 3.05) is 11.0 Å². The summed E-state index contributed by atoms with van der Waals surface area (Å²) in [5.41, 5.74) is 1.59. The third kappa shape index (κ3) is 6.20. The Balaban J connectivity index is 2.54. The average Bonchev–Trinajstić information content (AvgIpc) is 2.23. The summed E-state index contributed by atoms with van der Waals surface area (Å²) in [5.74, 6) is 0. The van der Waals surface area contributed by atoms with Crippen molar-refractivity contribution in [1.82, 2.24) is 0 Å². The van der Waals surface area contributed by atoms with Crippen LogP contribution in [-0.2, 0) is 4.74 Å². The molecule has 0 aliphatic rings. The molecular weight excluding hydrogens is 391 g/mol. The number of hydrogen-bond acceptors (Lipinski definition) is 1. The fourth-order valence-corrected chi connectivity index (χ4v) is 2.62. The van der Waals surface area contributed by atoms with Gasteiger partial charge in [-0.2, -0.15) is 0 Å². The first kappa shape index (κ1) is 15.4. The van der Waals surface area contributed by atoms with Crippen LogP contribution in [0.1, 0.15) is 38.9 Å². The molecule has 0 spiro atoms. The predicted octanol–water partition coefficient (Wildman–Crippen LogP) is 5.38. The van der Waals surface area contributed by atoms with E-state index in [1.807, 2.05) is 6.07 Å². The molecule has 0 fully saturated rings. The van der Waals surface area contributed by atoms with Crippen LogP contribution in [0.5, 0.6) is 0 Å². The molecule has 0 saturated carbocycles. The number of benzene rings is 1. The summed E-state index contributed by atoms with van der Waals surface area (Å²) >= 11 is 5.89. The number of rotatable bonds is 5. The van der Waals surface area contributed by atoms with Crippen LogP contribution in [0.4, 0.5) is 0 Å². The SMILES string of the molecule is CC(C)(C)CCOC(CI)c1cccc(Br)c1. The summed E-state index contributed by atoms with van der Waals surface area (Å²) in [6, 6.07) is 8.38. The summed E-state index contributed by atoms with van der Waals surface area (Å²) in [6.45, 7) is 7.56. The van der Waals surface area contributed by atoms with Crippen LogP contribution in [0.2, 0.25) is 0 Å². The maximum absolute atomic E-state index is 5.98. The van der Waals surface area contributed by atoms with Crippen LogP contribution >= 0.6 is 38.5 Å². The highest BCUT2D eigenvalue weighted by Gasteiger charge is 2.14. The minimum absolute atomic E-state index is 0.204. The van der Waals surface area contributed by atoms with Crippen LogP contribution in [-0.4, -0.2) is 11.0 Å². The summed E-state index contributed by atoms with van der Waals surface area (Å²) in [6.07, 6.45) is 1.30. The molecule has 0 amide bonds. The fourth-order valence-electron chi connectivity index (χ4n) is 1.44. The molecule has 1 rings (SSSR count). The Morgan fingerprint density at radius 2 is 2.06 bits per heavy atom. The highest BCUT2D eigenvalue weighted by Crippen LogP contribution is 2.25. The molecule has 96 valence electrons. The van der Waals surface area contributed by atoms with Crippen molar-refractivity contribution >= 4 is 38.5 Å². The monoisotopic (exact) mass is 410 g/mol. The second kappa shape index (κ2) is 7.10. The van der Waals surface area contributed by atoms with E-state index in [-0.39, 0.29) is 6.10 Å². The molecule has 1 aromatic carbocycles. The van der Waals surface area contributed by atoms with E-state index in [9.17, 15) is 0 Å². The molecule has 0 N–H and O–H groups in total. The van der Waals surface area contributed by atoms with Gasteiger partial charge in [-0.15, -0.1) is 0 Å². The number of alkyl halides is 1. The molecule has 17 heavy (non-hydrogen) atoms. The highest BCUT2D eigenvalue weighted by molar-refractivity contribution is 14.1. The molecular formula is C14H20BrIO. The van der Waals surface area contributed by atoms with E-state index < -0.39 is 0 Å². The molecule has 0 aromatic heterocycles. The van der Waals surface area contributed by atoms with Gasteiger partial charge in [0, 0.05) is 15.5 Å². The first-order valence-electron chi connectivity index (χ1n) is 5.85. The lowest BCUT2D eigenvalue weighted by atomic mass is 9.93. The molecule has 0 radical (unpaired) electrons. The minimum Gasteiger partial charge on any atom is -0.373 e. The largest absolute Gasteiger partial charge is 0.373 e. The molecule has 1 nitrogen and oxygen atoms in total. The van der Waals surface area contributed by atoms with E-state index in [0.29, 0.717) is 5.41 Å². The zero-order chi connectivity index (χ0) is 12.9. The average molecular weight is 411 g/mol. The van der Waals surface area contributed by atoms with Crippen LogP contribution in [0, 0.1) is 5.41 Å². The van der Waals surface area contributed by atoms with E-state index in [0.717, 1.165) is 21.9 Å². The normalized spacial score (nSPS) is 13.7. The summed E-state index contributed by atoms with van der Waals surface area (Å²) < 4.78 is 8.08. The van der Waals surface area contributed by atoms with Gasteiger partial charge in [-0.05, 0) is 29.5 Å². The number of halogens is 2. The van der Waals surface area contributed by atoms with Crippen molar-refractivity contribution in [3.05, 3.63) is 34.3 Å². The Kier molecular flexibility index (Phi) is 6.45. The first-order valence-corrected chi connectivity index (χ1v) is 8.17. The standard InChI is InChI=1S/C14H20BrIO/c1-14(2,3)7-8-17-13(10-16)11-5-4-6-12(15)9-11/h4-6,9,13H,7-8,10H2,1-3H3. The highest BCUT2D eigenvalue weighted by atomic mass is 127.